The zero-order chi connectivity index (χ0) is 19.3. The molecule has 0 spiro atoms. The first-order valence-corrected chi connectivity index (χ1v) is 11.5. The number of halogens is 1. The summed E-state index contributed by atoms with van der Waals surface area (Å²) in [6.45, 7) is 3.63. The van der Waals surface area contributed by atoms with Gasteiger partial charge in [-0.1, -0.05) is 29.8 Å². The van der Waals surface area contributed by atoms with Crippen molar-refractivity contribution in [1.82, 2.24) is 4.57 Å². The van der Waals surface area contributed by atoms with E-state index in [9.17, 15) is 4.57 Å². The van der Waals surface area contributed by atoms with Crippen molar-refractivity contribution in [3.8, 4) is 11.4 Å². The van der Waals surface area contributed by atoms with Crippen LogP contribution in [0, 0.1) is 0 Å². The lowest BCUT2D eigenvalue weighted by molar-refractivity contribution is 0.415. The van der Waals surface area contributed by atoms with Crippen molar-refractivity contribution in [2.75, 3.05) is 20.4 Å². The largest absolute Gasteiger partial charge is 0.495 e. The minimum atomic E-state index is -2.21. The van der Waals surface area contributed by atoms with E-state index in [4.69, 9.17) is 24.8 Å². The van der Waals surface area contributed by atoms with Crippen LogP contribution in [0.5, 0.6) is 5.75 Å². The van der Waals surface area contributed by atoms with E-state index in [-0.39, 0.29) is 0 Å². The molecule has 5 nitrogen and oxygen atoms in total. The maximum Gasteiger partial charge on any atom is 0.335 e. The van der Waals surface area contributed by atoms with Gasteiger partial charge in [-0.25, -0.2) is 0 Å². The van der Waals surface area contributed by atoms with Crippen LogP contribution in [0.2, 0.25) is 5.02 Å². The van der Waals surface area contributed by atoms with Crippen LogP contribution in [0.15, 0.2) is 48.5 Å². The molecule has 0 saturated carbocycles. The fraction of sp³-hybridized carbons (Fsp3) is 0.222. The first-order valence-electron chi connectivity index (χ1n) is 7.70. The number of methoxy groups -OCH3 is 1. The SMILES string of the molecule is COc1cc2c(cc1Cl)cc(CP(C)(C)=O)n2-c1ccccc1.O=S=O. The molecular formula is C18H19ClNO4PS. The summed E-state index contributed by atoms with van der Waals surface area (Å²) in [6.07, 6.45) is 0.538. The van der Waals surface area contributed by atoms with E-state index in [1.807, 2.05) is 55.8 Å². The third-order valence-electron chi connectivity index (χ3n) is 3.71. The van der Waals surface area contributed by atoms with Gasteiger partial charge in [0.05, 0.1) is 24.8 Å². The highest BCUT2D eigenvalue weighted by Crippen LogP contribution is 2.43. The topological polar surface area (TPSA) is 65.4 Å². The highest BCUT2D eigenvalue weighted by molar-refractivity contribution is 7.61. The first-order chi connectivity index (χ1) is 12.3. The molecule has 0 saturated heterocycles. The highest BCUT2D eigenvalue weighted by Gasteiger charge is 2.18. The van der Waals surface area contributed by atoms with Crippen LogP contribution in [0.4, 0.5) is 0 Å². The lowest BCUT2D eigenvalue weighted by Gasteiger charge is -2.13. The van der Waals surface area contributed by atoms with Gasteiger partial charge in [0.2, 0.25) is 0 Å². The lowest BCUT2D eigenvalue weighted by Crippen LogP contribution is -2.00. The van der Waals surface area contributed by atoms with E-state index >= 15 is 0 Å². The van der Waals surface area contributed by atoms with Gasteiger partial charge in [-0.05, 0) is 37.6 Å². The predicted molar refractivity (Wildman–Crippen MR) is 107 cm³/mol. The molecular weight excluding hydrogens is 393 g/mol. The Bertz CT molecular complexity index is 991. The molecule has 0 unspecified atom stereocenters. The number of hydrogen-bond donors (Lipinski definition) is 0. The highest BCUT2D eigenvalue weighted by atomic mass is 35.5. The molecule has 3 aromatic rings. The van der Waals surface area contributed by atoms with E-state index in [1.165, 1.54) is 0 Å². The Hall–Kier alpha value is -1.88. The van der Waals surface area contributed by atoms with Crippen LogP contribution >= 0.6 is 18.7 Å². The number of para-hydroxylation sites is 1. The average molecular weight is 412 g/mol. The molecule has 2 aromatic carbocycles. The fourth-order valence-corrected chi connectivity index (χ4v) is 4.07. The molecule has 0 atom stereocenters. The number of ether oxygens (including phenoxy) is 1. The Morgan fingerprint density at radius 1 is 1.12 bits per heavy atom. The van der Waals surface area contributed by atoms with Crippen LogP contribution in [-0.4, -0.2) is 33.4 Å². The maximum atomic E-state index is 12.4. The molecule has 0 aliphatic carbocycles. The summed E-state index contributed by atoms with van der Waals surface area (Å²) >= 11 is 5.51. The van der Waals surface area contributed by atoms with E-state index in [0.717, 1.165) is 22.3 Å². The van der Waals surface area contributed by atoms with Crippen LogP contribution in [0.3, 0.4) is 0 Å². The summed E-state index contributed by atoms with van der Waals surface area (Å²) in [5, 5.41) is 1.59. The number of fused-ring (bicyclic) bond motifs is 1. The van der Waals surface area contributed by atoms with Crippen molar-refractivity contribution >= 4 is 41.2 Å². The van der Waals surface area contributed by atoms with Crippen LogP contribution in [0.25, 0.3) is 16.6 Å². The number of benzene rings is 2. The Labute approximate surface area is 160 Å². The van der Waals surface area contributed by atoms with Gasteiger partial charge in [0.1, 0.15) is 5.75 Å². The molecule has 0 aliphatic rings. The Morgan fingerprint density at radius 2 is 1.73 bits per heavy atom. The molecule has 1 aromatic heterocycles. The average Bonchev–Trinajstić information content (AvgIpc) is 2.90. The lowest BCUT2D eigenvalue weighted by atomic mass is 10.2. The van der Waals surface area contributed by atoms with Gasteiger partial charge in [0.25, 0.3) is 0 Å². The summed E-state index contributed by atoms with van der Waals surface area (Å²) < 4.78 is 36.4. The van der Waals surface area contributed by atoms with E-state index in [2.05, 4.69) is 10.6 Å². The van der Waals surface area contributed by atoms with Crippen molar-refractivity contribution in [2.45, 2.75) is 6.16 Å². The Morgan fingerprint density at radius 3 is 2.27 bits per heavy atom. The molecule has 138 valence electrons. The molecule has 0 aliphatic heterocycles. The molecule has 0 radical (unpaired) electrons. The molecule has 26 heavy (non-hydrogen) atoms. The standard InChI is InChI=1S/C18H19ClNO2P.O2S/c1-22-18-11-17-13(10-16(18)19)9-15(12-23(2,3)21)20(17)14-7-5-4-6-8-14;1-3-2/h4-11H,12H2,1-3H3;. The second kappa shape index (κ2) is 8.67. The second-order valence-electron chi connectivity index (χ2n) is 6.15. The quantitative estimate of drug-likeness (QED) is 0.581. The minimum Gasteiger partial charge on any atom is -0.495 e. The van der Waals surface area contributed by atoms with Gasteiger partial charge in [-0.3, -0.25) is 0 Å². The van der Waals surface area contributed by atoms with Crippen molar-refractivity contribution in [1.29, 1.82) is 0 Å². The van der Waals surface area contributed by atoms with Gasteiger partial charge < -0.3 is 13.9 Å². The molecule has 0 amide bonds. The van der Waals surface area contributed by atoms with Gasteiger partial charge in [0.15, 0.2) is 0 Å². The molecule has 3 rings (SSSR count). The number of nitrogens with zero attached hydrogens (tertiary/aromatic N) is 1. The summed E-state index contributed by atoms with van der Waals surface area (Å²) in [5.74, 6) is 0.636. The van der Waals surface area contributed by atoms with Gasteiger partial charge in [0, 0.05) is 29.0 Å². The van der Waals surface area contributed by atoms with Gasteiger partial charge in [-0.2, -0.15) is 8.42 Å². The van der Waals surface area contributed by atoms with Crippen molar-refractivity contribution in [2.24, 2.45) is 0 Å². The molecule has 0 bridgehead atoms. The number of rotatable bonds is 4. The van der Waals surface area contributed by atoms with E-state index < -0.39 is 18.7 Å². The molecule has 8 heteroatoms. The van der Waals surface area contributed by atoms with Gasteiger partial charge in [-0.15, -0.1) is 0 Å². The zero-order valence-electron chi connectivity index (χ0n) is 14.6. The Balaban J connectivity index is 0.000000758. The third kappa shape index (κ3) is 4.85. The summed E-state index contributed by atoms with van der Waals surface area (Å²) in [7, 11) is -0.599. The molecule has 0 fully saturated rings. The monoisotopic (exact) mass is 411 g/mol. The summed E-state index contributed by atoms with van der Waals surface area (Å²) in [6, 6.07) is 16.0. The fourth-order valence-electron chi connectivity index (χ4n) is 2.81. The predicted octanol–water partition coefficient (Wildman–Crippen LogP) is 4.75. The van der Waals surface area contributed by atoms with Crippen LogP contribution in [0.1, 0.15) is 5.69 Å². The van der Waals surface area contributed by atoms with Crippen molar-refractivity contribution < 1.29 is 17.7 Å². The first kappa shape index (κ1) is 20.4. The van der Waals surface area contributed by atoms with Crippen molar-refractivity contribution in [3.05, 3.63) is 59.2 Å². The minimum absolute atomic E-state index is 0.538. The number of aromatic nitrogens is 1. The maximum absolute atomic E-state index is 12.4. The summed E-state index contributed by atoms with van der Waals surface area (Å²) in [4.78, 5) is 0. The Kier molecular flexibility index (Phi) is 6.81. The second-order valence-corrected chi connectivity index (χ2v) is 10.2. The summed E-state index contributed by atoms with van der Waals surface area (Å²) in [5.41, 5.74) is 3.06. The zero-order valence-corrected chi connectivity index (χ0v) is 17.1. The molecule has 0 N–H and O–H groups in total. The smallest absolute Gasteiger partial charge is 0.335 e. The van der Waals surface area contributed by atoms with Gasteiger partial charge >= 0.3 is 11.6 Å². The van der Waals surface area contributed by atoms with Crippen LogP contribution < -0.4 is 4.74 Å². The van der Waals surface area contributed by atoms with E-state index in [1.54, 1.807) is 7.11 Å². The number of hydrogen-bond acceptors (Lipinski definition) is 4. The van der Waals surface area contributed by atoms with E-state index in [0.29, 0.717) is 16.9 Å². The van der Waals surface area contributed by atoms with Crippen LogP contribution in [-0.2, 0) is 22.3 Å². The third-order valence-corrected chi connectivity index (χ3v) is 5.09. The molecule has 1 heterocycles. The van der Waals surface area contributed by atoms with Crippen molar-refractivity contribution in [3.63, 3.8) is 0 Å². The normalized spacial score (nSPS) is 10.9.